The highest BCUT2D eigenvalue weighted by Crippen LogP contribution is 2.31. The van der Waals surface area contributed by atoms with Crippen molar-refractivity contribution in [3.8, 4) is 11.5 Å². The van der Waals surface area contributed by atoms with Crippen LogP contribution in [-0.4, -0.2) is 38.3 Å². The number of rotatable bonds is 5. The van der Waals surface area contributed by atoms with E-state index in [4.69, 9.17) is 15.2 Å². The predicted octanol–water partition coefficient (Wildman–Crippen LogP) is 2.36. The van der Waals surface area contributed by atoms with Crippen molar-refractivity contribution in [2.75, 3.05) is 27.3 Å². The number of hydrogen-bond donors (Lipinski definition) is 1. The molecule has 1 aliphatic heterocycles. The standard InChI is InChI=1S/C15H24N2O2.ClH/c1-11-7-14(18-2)15(19-3)8-12(11)10-17-6-4-5-13(17)9-16;/h7-8,13H,4-6,9-10,16H2,1-3H3;1H. The Labute approximate surface area is 127 Å². The Balaban J connectivity index is 0.00000200. The molecule has 5 heteroatoms. The highest BCUT2D eigenvalue weighted by atomic mass is 35.5. The molecule has 0 radical (unpaired) electrons. The van der Waals surface area contributed by atoms with Crippen molar-refractivity contribution < 1.29 is 9.47 Å². The average molecular weight is 301 g/mol. The van der Waals surface area contributed by atoms with Gasteiger partial charge in [0, 0.05) is 19.1 Å². The summed E-state index contributed by atoms with van der Waals surface area (Å²) in [4.78, 5) is 2.47. The third kappa shape index (κ3) is 3.57. The molecule has 1 fully saturated rings. The third-order valence-electron chi connectivity index (χ3n) is 3.99. The van der Waals surface area contributed by atoms with Crippen LogP contribution in [0.1, 0.15) is 24.0 Å². The zero-order valence-corrected chi connectivity index (χ0v) is 13.3. The largest absolute Gasteiger partial charge is 0.493 e. The van der Waals surface area contributed by atoms with Crippen molar-refractivity contribution >= 4 is 12.4 Å². The zero-order valence-electron chi connectivity index (χ0n) is 12.5. The first-order valence-corrected chi connectivity index (χ1v) is 6.85. The van der Waals surface area contributed by atoms with Gasteiger partial charge in [-0.05, 0) is 49.6 Å². The van der Waals surface area contributed by atoms with Crippen molar-refractivity contribution in [3.05, 3.63) is 23.3 Å². The number of aryl methyl sites for hydroxylation is 1. The SMILES string of the molecule is COc1cc(C)c(CN2CCCC2CN)cc1OC.Cl. The lowest BCUT2D eigenvalue weighted by Crippen LogP contribution is -2.35. The summed E-state index contributed by atoms with van der Waals surface area (Å²) in [5.74, 6) is 1.59. The van der Waals surface area contributed by atoms with Crippen LogP contribution in [0.5, 0.6) is 11.5 Å². The number of ether oxygens (including phenoxy) is 2. The summed E-state index contributed by atoms with van der Waals surface area (Å²) in [6.45, 7) is 4.93. The van der Waals surface area contributed by atoms with Crippen molar-refractivity contribution in [3.63, 3.8) is 0 Å². The first kappa shape index (κ1) is 17.1. The van der Waals surface area contributed by atoms with Gasteiger partial charge in [0.25, 0.3) is 0 Å². The molecule has 1 heterocycles. The molecule has 20 heavy (non-hydrogen) atoms. The number of nitrogens with zero attached hydrogens (tertiary/aromatic N) is 1. The van der Waals surface area contributed by atoms with Crippen LogP contribution >= 0.6 is 12.4 Å². The molecule has 1 unspecified atom stereocenters. The summed E-state index contributed by atoms with van der Waals surface area (Å²) in [5, 5.41) is 0. The fraction of sp³-hybridized carbons (Fsp3) is 0.600. The van der Waals surface area contributed by atoms with E-state index in [0.717, 1.165) is 31.1 Å². The lowest BCUT2D eigenvalue weighted by atomic mass is 10.1. The highest BCUT2D eigenvalue weighted by Gasteiger charge is 2.23. The molecular formula is C15H25ClN2O2. The number of benzene rings is 1. The molecule has 1 aliphatic rings. The van der Waals surface area contributed by atoms with Gasteiger partial charge in [0.05, 0.1) is 14.2 Å². The van der Waals surface area contributed by atoms with E-state index in [9.17, 15) is 0 Å². The normalized spacial score (nSPS) is 18.7. The molecule has 0 aliphatic carbocycles. The Bertz CT molecular complexity index is 440. The first-order valence-electron chi connectivity index (χ1n) is 6.85. The quantitative estimate of drug-likeness (QED) is 0.907. The summed E-state index contributed by atoms with van der Waals surface area (Å²) in [7, 11) is 3.34. The van der Waals surface area contributed by atoms with E-state index < -0.39 is 0 Å². The van der Waals surface area contributed by atoms with E-state index in [1.807, 2.05) is 6.07 Å². The van der Waals surface area contributed by atoms with Crippen LogP contribution in [0.3, 0.4) is 0 Å². The summed E-state index contributed by atoms with van der Waals surface area (Å²) in [6, 6.07) is 4.65. The van der Waals surface area contributed by atoms with Gasteiger partial charge in [-0.1, -0.05) is 0 Å². The smallest absolute Gasteiger partial charge is 0.161 e. The highest BCUT2D eigenvalue weighted by molar-refractivity contribution is 5.85. The van der Waals surface area contributed by atoms with E-state index in [2.05, 4.69) is 17.9 Å². The second kappa shape index (κ2) is 7.72. The molecule has 1 aromatic rings. The van der Waals surface area contributed by atoms with E-state index in [-0.39, 0.29) is 12.4 Å². The minimum Gasteiger partial charge on any atom is -0.493 e. The van der Waals surface area contributed by atoms with Gasteiger partial charge >= 0.3 is 0 Å². The molecule has 2 rings (SSSR count). The van der Waals surface area contributed by atoms with Crippen LogP contribution in [-0.2, 0) is 6.54 Å². The second-order valence-electron chi connectivity index (χ2n) is 5.14. The Morgan fingerprint density at radius 3 is 2.50 bits per heavy atom. The minimum absolute atomic E-state index is 0. The first-order chi connectivity index (χ1) is 9.19. The molecule has 1 saturated heterocycles. The molecular weight excluding hydrogens is 276 g/mol. The number of halogens is 1. The van der Waals surface area contributed by atoms with Crippen LogP contribution in [0.25, 0.3) is 0 Å². The fourth-order valence-electron chi connectivity index (χ4n) is 2.78. The molecule has 0 saturated carbocycles. The van der Waals surface area contributed by atoms with Crippen molar-refractivity contribution in [2.45, 2.75) is 32.4 Å². The average Bonchev–Trinajstić information content (AvgIpc) is 2.87. The number of likely N-dealkylation sites (tertiary alicyclic amines) is 1. The molecule has 1 aromatic carbocycles. The number of methoxy groups -OCH3 is 2. The maximum absolute atomic E-state index is 5.83. The molecule has 0 bridgehead atoms. The van der Waals surface area contributed by atoms with Gasteiger partial charge in [-0.2, -0.15) is 0 Å². The summed E-state index contributed by atoms with van der Waals surface area (Å²) in [5.41, 5.74) is 8.36. The molecule has 2 N–H and O–H groups in total. The van der Waals surface area contributed by atoms with Crippen molar-refractivity contribution in [2.24, 2.45) is 5.73 Å². The molecule has 0 aromatic heterocycles. The summed E-state index contributed by atoms with van der Waals surface area (Å²) in [6.07, 6.45) is 2.46. The monoisotopic (exact) mass is 300 g/mol. The van der Waals surface area contributed by atoms with Gasteiger partial charge in [-0.25, -0.2) is 0 Å². The third-order valence-corrected chi connectivity index (χ3v) is 3.99. The van der Waals surface area contributed by atoms with E-state index in [1.54, 1.807) is 14.2 Å². The maximum atomic E-state index is 5.83. The predicted molar refractivity (Wildman–Crippen MR) is 84.0 cm³/mol. The van der Waals surface area contributed by atoms with E-state index in [1.165, 1.54) is 24.0 Å². The summed E-state index contributed by atoms with van der Waals surface area (Å²) < 4.78 is 10.7. The van der Waals surface area contributed by atoms with Gasteiger partial charge in [-0.15, -0.1) is 12.4 Å². The molecule has 4 nitrogen and oxygen atoms in total. The number of nitrogens with two attached hydrogens (primary N) is 1. The van der Waals surface area contributed by atoms with Gasteiger partial charge in [0.1, 0.15) is 0 Å². The van der Waals surface area contributed by atoms with Gasteiger partial charge < -0.3 is 15.2 Å². The van der Waals surface area contributed by atoms with Crippen LogP contribution in [0.2, 0.25) is 0 Å². The number of hydrogen-bond acceptors (Lipinski definition) is 4. The summed E-state index contributed by atoms with van der Waals surface area (Å²) >= 11 is 0. The van der Waals surface area contributed by atoms with Gasteiger partial charge in [0.2, 0.25) is 0 Å². The van der Waals surface area contributed by atoms with Crippen LogP contribution < -0.4 is 15.2 Å². The van der Waals surface area contributed by atoms with Crippen LogP contribution in [0, 0.1) is 6.92 Å². The zero-order chi connectivity index (χ0) is 13.8. The van der Waals surface area contributed by atoms with E-state index >= 15 is 0 Å². The maximum Gasteiger partial charge on any atom is 0.161 e. The lowest BCUT2D eigenvalue weighted by molar-refractivity contribution is 0.249. The molecule has 114 valence electrons. The lowest BCUT2D eigenvalue weighted by Gasteiger charge is -2.24. The molecule has 0 spiro atoms. The Hall–Kier alpha value is -0.970. The fourth-order valence-corrected chi connectivity index (χ4v) is 2.78. The molecule has 1 atom stereocenters. The van der Waals surface area contributed by atoms with Crippen LogP contribution in [0.4, 0.5) is 0 Å². The van der Waals surface area contributed by atoms with Crippen molar-refractivity contribution in [1.82, 2.24) is 4.90 Å². The minimum atomic E-state index is 0. The Morgan fingerprint density at radius 1 is 1.25 bits per heavy atom. The van der Waals surface area contributed by atoms with Crippen LogP contribution in [0.15, 0.2) is 12.1 Å². The van der Waals surface area contributed by atoms with Gasteiger partial charge in [-0.3, -0.25) is 4.90 Å². The Kier molecular flexibility index (Phi) is 6.59. The topological polar surface area (TPSA) is 47.7 Å². The second-order valence-corrected chi connectivity index (χ2v) is 5.14. The molecule has 0 amide bonds. The Morgan fingerprint density at radius 2 is 1.90 bits per heavy atom. The van der Waals surface area contributed by atoms with Crippen molar-refractivity contribution in [1.29, 1.82) is 0 Å². The van der Waals surface area contributed by atoms with Gasteiger partial charge in [0.15, 0.2) is 11.5 Å². The van der Waals surface area contributed by atoms with E-state index in [0.29, 0.717) is 6.04 Å².